The van der Waals surface area contributed by atoms with Gasteiger partial charge in [0, 0.05) is 23.1 Å². The van der Waals surface area contributed by atoms with Gasteiger partial charge in [0.1, 0.15) is 5.75 Å². The van der Waals surface area contributed by atoms with Crippen molar-refractivity contribution in [1.29, 1.82) is 0 Å². The number of rotatable bonds is 5. The minimum Gasteiger partial charge on any atom is -0.482 e. The van der Waals surface area contributed by atoms with Crippen molar-refractivity contribution in [2.75, 3.05) is 23.4 Å². The molecule has 0 saturated carbocycles. The van der Waals surface area contributed by atoms with Gasteiger partial charge in [0.25, 0.3) is 11.8 Å². The molecule has 4 rings (SSSR count). The second-order valence-electron chi connectivity index (χ2n) is 6.64. The van der Waals surface area contributed by atoms with Crippen LogP contribution in [0.4, 0.5) is 10.8 Å². The molecule has 1 N–H and O–H groups in total. The third kappa shape index (κ3) is 4.14. The van der Waals surface area contributed by atoms with Crippen LogP contribution in [0.25, 0.3) is 11.3 Å². The van der Waals surface area contributed by atoms with E-state index in [4.69, 9.17) is 27.9 Å². The predicted molar refractivity (Wildman–Crippen MR) is 120 cm³/mol. The van der Waals surface area contributed by atoms with Crippen LogP contribution in [0.5, 0.6) is 5.75 Å². The summed E-state index contributed by atoms with van der Waals surface area (Å²) in [6, 6.07) is 10.3. The summed E-state index contributed by atoms with van der Waals surface area (Å²) in [6.07, 6.45) is 0.844. The van der Waals surface area contributed by atoms with Crippen molar-refractivity contribution in [2.45, 2.75) is 13.3 Å². The first-order valence-electron chi connectivity index (χ1n) is 9.25. The lowest BCUT2D eigenvalue weighted by molar-refractivity contribution is -0.121. The van der Waals surface area contributed by atoms with Gasteiger partial charge in [-0.05, 0) is 42.8 Å². The number of aromatic nitrogens is 1. The number of halogens is 2. The highest BCUT2D eigenvalue weighted by Crippen LogP contribution is 2.37. The van der Waals surface area contributed by atoms with Crippen LogP contribution in [0, 0.1) is 0 Å². The van der Waals surface area contributed by atoms with Gasteiger partial charge >= 0.3 is 0 Å². The first-order valence-corrected chi connectivity index (χ1v) is 10.9. The van der Waals surface area contributed by atoms with Gasteiger partial charge in [-0.3, -0.25) is 14.9 Å². The smallest absolute Gasteiger partial charge is 0.265 e. The Morgan fingerprint density at radius 3 is 2.83 bits per heavy atom. The highest BCUT2D eigenvalue weighted by Gasteiger charge is 2.25. The van der Waals surface area contributed by atoms with Gasteiger partial charge in [0.05, 0.1) is 21.4 Å². The Morgan fingerprint density at radius 1 is 1.23 bits per heavy atom. The molecule has 0 radical (unpaired) electrons. The average Bonchev–Trinajstić information content (AvgIpc) is 3.20. The standard InChI is InChI=1S/C21H17Cl2N3O3S/c1-2-7-26-17-9-12(4-6-18(17)29-10-19(26)27)16-11-30-21(24-16)25-20(28)13-3-5-14(22)15(23)8-13/h3-6,8-9,11H,2,7,10H2,1H3,(H,24,25,28). The van der Waals surface area contributed by atoms with Crippen molar-refractivity contribution in [2.24, 2.45) is 0 Å². The maximum atomic E-state index is 12.5. The molecule has 2 aromatic carbocycles. The molecule has 3 aromatic rings. The Hall–Kier alpha value is -2.61. The van der Waals surface area contributed by atoms with Gasteiger partial charge in [-0.1, -0.05) is 30.1 Å². The van der Waals surface area contributed by atoms with Crippen LogP contribution in [0.2, 0.25) is 10.0 Å². The van der Waals surface area contributed by atoms with Crippen molar-refractivity contribution in [3.63, 3.8) is 0 Å². The van der Waals surface area contributed by atoms with Crippen LogP contribution in [0.1, 0.15) is 23.7 Å². The molecule has 154 valence electrons. The molecule has 0 fully saturated rings. The molecule has 0 bridgehead atoms. The number of carbonyl (C=O) groups is 2. The SMILES string of the molecule is CCCN1C(=O)COc2ccc(-c3csc(NC(=O)c4ccc(Cl)c(Cl)c4)n3)cc21. The molecule has 2 amide bonds. The topological polar surface area (TPSA) is 71.5 Å². The molecular formula is C21H17Cl2N3O3S. The molecule has 2 heterocycles. The number of benzene rings is 2. The highest BCUT2D eigenvalue weighted by molar-refractivity contribution is 7.14. The molecule has 6 nitrogen and oxygen atoms in total. The van der Waals surface area contributed by atoms with E-state index in [-0.39, 0.29) is 18.4 Å². The number of nitrogens with one attached hydrogen (secondary N) is 1. The summed E-state index contributed by atoms with van der Waals surface area (Å²) >= 11 is 13.2. The summed E-state index contributed by atoms with van der Waals surface area (Å²) in [4.78, 5) is 30.9. The molecule has 30 heavy (non-hydrogen) atoms. The lowest BCUT2D eigenvalue weighted by Gasteiger charge is -2.29. The van der Waals surface area contributed by atoms with E-state index in [0.717, 1.165) is 17.7 Å². The molecule has 0 unspecified atom stereocenters. The van der Waals surface area contributed by atoms with Gasteiger partial charge in [-0.2, -0.15) is 0 Å². The zero-order chi connectivity index (χ0) is 21.3. The van der Waals surface area contributed by atoms with E-state index in [0.29, 0.717) is 38.7 Å². The summed E-state index contributed by atoms with van der Waals surface area (Å²) in [6.45, 7) is 2.70. The number of anilines is 2. The summed E-state index contributed by atoms with van der Waals surface area (Å²) < 4.78 is 5.54. The van der Waals surface area contributed by atoms with Crippen molar-refractivity contribution in [3.8, 4) is 17.0 Å². The van der Waals surface area contributed by atoms with E-state index in [2.05, 4.69) is 10.3 Å². The Bertz CT molecular complexity index is 1130. The second-order valence-corrected chi connectivity index (χ2v) is 8.31. The molecule has 9 heteroatoms. The Kier molecular flexibility index (Phi) is 5.94. The molecule has 0 atom stereocenters. The predicted octanol–water partition coefficient (Wildman–Crippen LogP) is 5.50. The second kappa shape index (κ2) is 8.63. The maximum Gasteiger partial charge on any atom is 0.265 e. The van der Waals surface area contributed by atoms with Crippen LogP contribution in [-0.2, 0) is 4.79 Å². The third-order valence-corrected chi connectivity index (χ3v) is 6.05. The quantitative estimate of drug-likeness (QED) is 0.543. The van der Waals surface area contributed by atoms with Gasteiger partial charge in [0.15, 0.2) is 11.7 Å². The van der Waals surface area contributed by atoms with E-state index >= 15 is 0 Å². The summed E-state index contributed by atoms with van der Waals surface area (Å²) in [5.41, 5.74) is 2.65. The normalized spacial score (nSPS) is 13.0. The Labute approximate surface area is 187 Å². The third-order valence-electron chi connectivity index (χ3n) is 4.55. The first-order chi connectivity index (χ1) is 14.5. The van der Waals surface area contributed by atoms with Gasteiger partial charge in [-0.25, -0.2) is 4.98 Å². The molecular weight excluding hydrogens is 445 g/mol. The molecule has 1 aromatic heterocycles. The fraction of sp³-hybridized carbons (Fsp3) is 0.190. The molecule has 0 spiro atoms. The monoisotopic (exact) mass is 461 g/mol. The number of carbonyl (C=O) groups excluding carboxylic acids is 2. The fourth-order valence-corrected chi connectivity index (χ4v) is 4.11. The van der Waals surface area contributed by atoms with Gasteiger partial charge in [-0.15, -0.1) is 11.3 Å². The number of nitrogens with zero attached hydrogens (tertiary/aromatic N) is 2. The van der Waals surface area contributed by atoms with Crippen molar-refractivity contribution in [3.05, 3.63) is 57.4 Å². The molecule has 0 aliphatic carbocycles. The fourth-order valence-electron chi connectivity index (χ4n) is 3.10. The summed E-state index contributed by atoms with van der Waals surface area (Å²) in [7, 11) is 0. The number of amides is 2. The van der Waals surface area contributed by atoms with Crippen molar-refractivity contribution < 1.29 is 14.3 Å². The Balaban J connectivity index is 1.56. The zero-order valence-electron chi connectivity index (χ0n) is 15.9. The summed E-state index contributed by atoms with van der Waals surface area (Å²) in [5.74, 6) is 0.289. The Morgan fingerprint density at radius 2 is 2.07 bits per heavy atom. The van der Waals surface area contributed by atoms with Crippen LogP contribution in [0.3, 0.4) is 0 Å². The van der Waals surface area contributed by atoms with E-state index in [1.165, 1.54) is 17.4 Å². The lowest BCUT2D eigenvalue weighted by Crippen LogP contribution is -2.39. The number of hydrogen-bond acceptors (Lipinski definition) is 5. The summed E-state index contributed by atoms with van der Waals surface area (Å²) in [5, 5.41) is 5.77. The largest absolute Gasteiger partial charge is 0.482 e. The number of hydrogen-bond donors (Lipinski definition) is 1. The minimum atomic E-state index is -0.326. The maximum absolute atomic E-state index is 12.5. The van der Waals surface area contributed by atoms with Gasteiger partial charge in [0.2, 0.25) is 0 Å². The van der Waals surface area contributed by atoms with Crippen molar-refractivity contribution >= 4 is 57.2 Å². The highest BCUT2D eigenvalue weighted by atomic mass is 35.5. The zero-order valence-corrected chi connectivity index (χ0v) is 18.3. The van der Waals surface area contributed by atoms with Crippen LogP contribution in [-0.4, -0.2) is 29.9 Å². The number of thiazole rings is 1. The van der Waals surface area contributed by atoms with Crippen LogP contribution >= 0.6 is 34.5 Å². The van der Waals surface area contributed by atoms with E-state index in [1.807, 2.05) is 30.5 Å². The van der Waals surface area contributed by atoms with E-state index < -0.39 is 0 Å². The average molecular weight is 462 g/mol. The van der Waals surface area contributed by atoms with Crippen LogP contribution in [0.15, 0.2) is 41.8 Å². The molecule has 1 aliphatic heterocycles. The van der Waals surface area contributed by atoms with Crippen molar-refractivity contribution in [1.82, 2.24) is 4.98 Å². The number of ether oxygens (including phenoxy) is 1. The number of fused-ring (bicyclic) bond motifs is 1. The first kappa shape index (κ1) is 20.7. The van der Waals surface area contributed by atoms with Gasteiger partial charge < -0.3 is 9.64 Å². The van der Waals surface area contributed by atoms with E-state index in [9.17, 15) is 9.59 Å². The minimum absolute atomic E-state index is 0.0495. The molecule has 1 aliphatic rings. The van der Waals surface area contributed by atoms with Crippen LogP contribution < -0.4 is 15.0 Å². The molecule has 0 saturated heterocycles. The lowest BCUT2D eigenvalue weighted by atomic mass is 10.1. The van der Waals surface area contributed by atoms with E-state index in [1.54, 1.807) is 17.0 Å².